The first kappa shape index (κ1) is 14.7. The molecule has 0 radical (unpaired) electrons. The highest BCUT2D eigenvalue weighted by molar-refractivity contribution is 5.95. The number of hydrogen-bond acceptors (Lipinski definition) is 3. The molecule has 24 heavy (non-hydrogen) atoms. The Morgan fingerprint density at radius 3 is 2.88 bits per heavy atom. The molecule has 1 aliphatic heterocycles. The minimum absolute atomic E-state index is 0.0402. The first-order chi connectivity index (χ1) is 11.7. The van der Waals surface area contributed by atoms with Crippen LogP contribution in [0.2, 0.25) is 0 Å². The van der Waals surface area contributed by atoms with Crippen molar-refractivity contribution in [2.75, 3.05) is 6.54 Å². The van der Waals surface area contributed by atoms with E-state index in [2.05, 4.69) is 15.3 Å². The molecule has 0 saturated carbocycles. The van der Waals surface area contributed by atoms with Gasteiger partial charge in [-0.1, -0.05) is 18.2 Å². The smallest absolute Gasteiger partial charge is 0.257 e. The maximum atomic E-state index is 13.1. The number of hydrogen-bond donors (Lipinski definition) is 1. The van der Waals surface area contributed by atoms with E-state index in [0.29, 0.717) is 5.56 Å². The van der Waals surface area contributed by atoms with Crippen LogP contribution in [0.25, 0.3) is 5.69 Å². The van der Waals surface area contributed by atoms with E-state index in [1.807, 2.05) is 54.5 Å². The molecular weight excluding hydrogens is 302 g/mol. The molecule has 122 valence electrons. The van der Waals surface area contributed by atoms with E-state index in [1.54, 1.807) is 10.9 Å². The first-order valence-corrected chi connectivity index (χ1v) is 8.15. The zero-order valence-corrected chi connectivity index (χ0v) is 13.5. The minimum atomic E-state index is 0.0402. The summed E-state index contributed by atoms with van der Waals surface area (Å²) in [5.74, 6) is 0.0402. The van der Waals surface area contributed by atoms with Gasteiger partial charge >= 0.3 is 0 Å². The summed E-state index contributed by atoms with van der Waals surface area (Å²) in [4.78, 5) is 15.0. The van der Waals surface area contributed by atoms with Gasteiger partial charge in [0.2, 0.25) is 0 Å². The lowest BCUT2D eigenvalue weighted by molar-refractivity contribution is 0.0735. The van der Waals surface area contributed by atoms with Gasteiger partial charge in [0.1, 0.15) is 0 Å². The Kier molecular flexibility index (Phi) is 3.65. The maximum Gasteiger partial charge on any atom is 0.257 e. The molecule has 0 aliphatic carbocycles. The van der Waals surface area contributed by atoms with Gasteiger partial charge < -0.3 is 4.90 Å². The van der Waals surface area contributed by atoms with Crippen LogP contribution < -0.4 is 0 Å². The van der Waals surface area contributed by atoms with Crippen molar-refractivity contribution in [1.29, 1.82) is 0 Å². The third kappa shape index (κ3) is 2.50. The molecule has 1 amide bonds. The Labute approximate surface area is 140 Å². The fourth-order valence-corrected chi connectivity index (χ4v) is 3.34. The van der Waals surface area contributed by atoms with Crippen LogP contribution in [0.15, 0.2) is 48.9 Å². The normalized spacial score (nSPS) is 17.4. The number of carbonyl (C=O) groups excluding carboxylic acids is 1. The highest BCUT2D eigenvalue weighted by Crippen LogP contribution is 2.33. The fraction of sp³-hybridized carbons (Fsp3) is 0.278. The molecule has 0 bridgehead atoms. The van der Waals surface area contributed by atoms with Crippen LogP contribution in [0.1, 0.15) is 40.5 Å². The lowest BCUT2D eigenvalue weighted by atomic mass is 10.1. The molecule has 1 fully saturated rings. The number of nitrogens with one attached hydrogen (secondary N) is 1. The molecule has 1 atom stereocenters. The van der Waals surface area contributed by atoms with E-state index in [9.17, 15) is 4.79 Å². The van der Waals surface area contributed by atoms with E-state index in [0.717, 1.165) is 36.3 Å². The number of aromatic amines is 1. The van der Waals surface area contributed by atoms with Gasteiger partial charge in [0.05, 0.1) is 29.2 Å². The van der Waals surface area contributed by atoms with Crippen LogP contribution in [-0.2, 0) is 0 Å². The summed E-state index contributed by atoms with van der Waals surface area (Å²) < 4.78 is 1.77. The Morgan fingerprint density at radius 2 is 2.12 bits per heavy atom. The molecule has 1 N–H and O–H groups in total. The van der Waals surface area contributed by atoms with Gasteiger partial charge in [-0.25, -0.2) is 4.68 Å². The van der Waals surface area contributed by atoms with Gasteiger partial charge in [-0.15, -0.1) is 0 Å². The molecule has 4 rings (SSSR count). The van der Waals surface area contributed by atoms with E-state index in [-0.39, 0.29) is 11.9 Å². The monoisotopic (exact) mass is 321 g/mol. The van der Waals surface area contributed by atoms with Gasteiger partial charge in [0, 0.05) is 24.5 Å². The van der Waals surface area contributed by atoms with Crippen LogP contribution in [0.3, 0.4) is 0 Å². The Hall–Kier alpha value is -2.89. The molecule has 3 aromatic rings. The molecule has 1 unspecified atom stereocenters. The SMILES string of the molecule is Cc1nn(-c2ccccc2)cc1C(=O)N1CCCC1c1cn[nH]c1. The van der Waals surface area contributed by atoms with Gasteiger partial charge in [0.25, 0.3) is 5.91 Å². The average molecular weight is 321 g/mol. The number of aryl methyl sites for hydroxylation is 1. The lowest BCUT2D eigenvalue weighted by Gasteiger charge is -2.23. The summed E-state index contributed by atoms with van der Waals surface area (Å²) in [6, 6.07) is 9.93. The largest absolute Gasteiger partial charge is 0.331 e. The van der Waals surface area contributed by atoms with E-state index >= 15 is 0 Å². The summed E-state index contributed by atoms with van der Waals surface area (Å²) in [6.45, 7) is 2.65. The number of rotatable bonds is 3. The quantitative estimate of drug-likeness (QED) is 0.806. The van der Waals surface area contributed by atoms with Crippen molar-refractivity contribution < 1.29 is 4.79 Å². The Bertz CT molecular complexity index is 838. The van der Waals surface area contributed by atoms with E-state index in [1.165, 1.54) is 0 Å². The van der Waals surface area contributed by atoms with Crippen molar-refractivity contribution in [3.8, 4) is 5.69 Å². The predicted molar refractivity (Wildman–Crippen MR) is 89.9 cm³/mol. The summed E-state index contributed by atoms with van der Waals surface area (Å²) >= 11 is 0. The van der Waals surface area contributed by atoms with Crippen molar-refractivity contribution in [2.24, 2.45) is 0 Å². The number of aromatic nitrogens is 4. The van der Waals surface area contributed by atoms with Crippen molar-refractivity contribution in [1.82, 2.24) is 24.9 Å². The minimum Gasteiger partial charge on any atom is -0.331 e. The van der Waals surface area contributed by atoms with Crippen molar-refractivity contribution in [3.63, 3.8) is 0 Å². The Balaban J connectivity index is 1.64. The van der Waals surface area contributed by atoms with Crippen LogP contribution in [-0.4, -0.2) is 37.3 Å². The average Bonchev–Trinajstić information content (AvgIpc) is 3.35. The zero-order valence-electron chi connectivity index (χ0n) is 13.5. The molecule has 2 aromatic heterocycles. The van der Waals surface area contributed by atoms with Gasteiger partial charge in [0.15, 0.2) is 0 Å². The van der Waals surface area contributed by atoms with Crippen LogP contribution in [0.4, 0.5) is 0 Å². The number of para-hydroxylation sites is 1. The third-order valence-corrected chi connectivity index (χ3v) is 4.57. The van der Waals surface area contributed by atoms with Crippen molar-refractivity contribution >= 4 is 5.91 Å². The summed E-state index contributed by atoms with van der Waals surface area (Å²) in [5.41, 5.74) is 3.43. The topological polar surface area (TPSA) is 66.8 Å². The molecule has 6 heteroatoms. The fourth-order valence-electron chi connectivity index (χ4n) is 3.34. The molecule has 1 aliphatic rings. The molecule has 0 spiro atoms. The standard InChI is InChI=1S/C18H19N5O/c1-13-16(12-23(21-13)15-6-3-2-4-7-15)18(24)22-9-5-8-17(22)14-10-19-20-11-14/h2-4,6-7,10-12,17H,5,8-9H2,1H3,(H,19,20). The van der Waals surface area contributed by atoms with E-state index < -0.39 is 0 Å². The van der Waals surface area contributed by atoms with Crippen molar-refractivity contribution in [3.05, 3.63) is 65.7 Å². The summed E-state index contributed by atoms with van der Waals surface area (Å²) in [7, 11) is 0. The second-order valence-corrected chi connectivity index (χ2v) is 6.10. The Morgan fingerprint density at radius 1 is 1.29 bits per heavy atom. The molecular formula is C18H19N5O. The molecule has 1 aromatic carbocycles. The number of H-pyrrole nitrogens is 1. The summed E-state index contributed by atoms with van der Waals surface area (Å²) in [6.07, 6.45) is 7.48. The van der Waals surface area contributed by atoms with Crippen LogP contribution in [0.5, 0.6) is 0 Å². The first-order valence-electron chi connectivity index (χ1n) is 8.15. The third-order valence-electron chi connectivity index (χ3n) is 4.57. The molecule has 1 saturated heterocycles. The van der Waals surface area contributed by atoms with Crippen LogP contribution in [0, 0.1) is 6.92 Å². The van der Waals surface area contributed by atoms with E-state index in [4.69, 9.17) is 0 Å². The predicted octanol–water partition coefficient (Wildman–Crippen LogP) is 2.88. The highest BCUT2D eigenvalue weighted by atomic mass is 16.2. The molecule has 6 nitrogen and oxygen atoms in total. The second-order valence-electron chi connectivity index (χ2n) is 6.10. The van der Waals surface area contributed by atoms with Gasteiger partial charge in [-0.3, -0.25) is 9.89 Å². The number of benzene rings is 1. The maximum absolute atomic E-state index is 13.1. The number of likely N-dealkylation sites (tertiary alicyclic amines) is 1. The van der Waals surface area contributed by atoms with Gasteiger partial charge in [-0.05, 0) is 31.9 Å². The zero-order chi connectivity index (χ0) is 16.5. The molecule has 3 heterocycles. The van der Waals surface area contributed by atoms with Crippen LogP contribution >= 0.6 is 0 Å². The number of nitrogens with zero attached hydrogens (tertiary/aromatic N) is 4. The van der Waals surface area contributed by atoms with Crippen molar-refractivity contribution in [2.45, 2.75) is 25.8 Å². The van der Waals surface area contributed by atoms with Gasteiger partial charge in [-0.2, -0.15) is 10.2 Å². The second kappa shape index (κ2) is 5.96. The lowest BCUT2D eigenvalue weighted by Crippen LogP contribution is -2.30. The number of amides is 1. The highest BCUT2D eigenvalue weighted by Gasteiger charge is 2.32. The summed E-state index contributed by atoms with van der Waals surface area (Å²) in [5, 5.41) is 11.4. The number of carbonyl (C=O) groups is 1.